The molecule has 4 heteroatoms. The van der Waals surface area contributed by atoms with Crippen molar-refractivity contribution in [3.8, 4) is 0 Å². The number of aliphatic carboxylic acids is 1. The van der Waals surface area contributed by atoms with Gasteiger partial charge in [-0.25, -0.2) is 0 Å². The van der Waals surface area contributed by atoms with Crippen molar-refractivity contribution >= 4 is 35.5 Å². The Balaban J connectivity index is 0. The van der Waals surface area contributed by atoms with Crippen LogP contribution in [0.15, 0.2) is 0 Å². The van der Waals surface area contributed by atoms with Gasteiger partial charge in [-0.2, -0.15) is 0 Å². The Labute approximate surface area is 108 Å². The van der Waals surface area contributed by atoms with E-state index in [0.717, 1.165) is 12.8 Å². The van der Waals surface area contributed by atoms with Crippen LogP contribution < -0.4 is 0 Å². The van der Waals surface area contributed by atoms with Gasteiger partial charge in [0.15, 0.2) is 0 Å². The van der Waals surface area contributed by atoms with Crippen molar-refractivity contribution < 1.29 is 15.0 Å². The van der Waals surface area contributed by atoms with Crippen molar-refractivity contribution in [2.45, 2.75) is 58.0 Å². The quantitative estimate of drug-likeness (QED) is 0.474. The molecule has 0 radical (unpaired) electrons. The average molecular weight is 212 g/mol. The van der Waals surface area contributed by atoms with Crippen LogP contribution in [0.5, 0.6) is 0 Å². The second-order valence-corrected chi connectivity index (χ2v) is 3.45. The van der Waals surface area contributed by atoms with Gasteiger partial charge in [-0.15, -0.1) is 0 Å². The summed E-state index contributed by atoms with van der Waals surface area (Å²) in [6, 6.07) is 0. The minimum absolute atomic E-state index is 0. The Morgan fingerprint density at radius 3 is 2.29 bits per heavy atom. The van der Waals surface area contributed by atoms with Crippen LogP contribution in [0.3, 0.4) is 0 Å². The molecule has 0 aromatic carbocycles. The second-order valence-electron chi connectivity index (χ2n) is 3.45. The third-order valence-electron chi connectivity index (χ3n) is 2.05. The molecule has 0 aromatic heterocycles. The Morgan fingerprint density at radius 2 is 1.79 bits per heavy atom. The van der Waals surface area contributed by atoms with E-state index in [0.29, 0.717) is 6.42 Å². The number of carboxylic acids is 1. The van der Waals surface area contributed by atoms with Gasteiger partial charge in [0.2, 0.25) is 0 Å². The fourth-order valence-electron chi connectivity index (χ4n) is 1.29. The van der Waals surface area contributed by atoms with Crippen LogP contribution >= 0.6 is 0 Å². The third kappa shape index (κ3) is 12.4. The average Bonchev–Trinajstić information content (AvgIpc) is 2.02. The number of aliphatic hydroxyl groups is 1. The Kier molecular flexibility index (Phi) is 13.8. The number of hydrogen-bond acceptors (Lipinski definition) is 2. The summed E-state index contributed by atoms with van der Waals surface area (Å²) >= 11 is 0. The molecule has 0 aliphatic carbocycles. The Morgan fingerprint density at radius 1 is 1.21 bits per heavy atom. The zero-order valence-electron chi connectivity index (χ0n) is 8.33. The fourth-order valence-corrected chi connectivity index (χ4v) is 1.29. The van der Waals surface area contributed by atoms with Crippen LogP contribution in [0.25, 0.3) is 0 Å². The fraction of sp³-hybridized carbons (Fsp3) is 0.900. The molecule has 3 nitrogen and oxygen atoms in total. The van der Waals surface area contributed by atoms with Gasteiger partial charge >= 0.3 is 35.5 Å². The van der Waals surface area contributed by atoms with E-state index >= 15 is 0 Å². The van der Waals surface area contributed by atoms with Crippen molar-refractivity contribution in [1.29, 1.82) is 0 Å². The van der Waals surface area contributed by atoms with Crippen LogP contribution in [0.1, 0.15) is 51.9 Å². The van der Waals surface area contributed by atoms with Crippen molar-refractivity contribution in [1.82, 2.24) is 0 Å². The molecular formula is C10H21NaO3. The zero-order valence-corrected chi connectivity index (χ0v) is 8.33. The van der Waals surface area contributed by atoms with Gasteiger partial charge < -0.3 is 10.2 Å². The van der Waals surface area contributed by atoms with Crippen LogP contribution in [0.2, 0.25) is 0 Å². The molecule has 0 spiro atoms. The van der Waals surface area contributed by atoms with Crippen LogP contribution in [0.4, 0.5) is 0 Å². The number of rotatable bonds is 8. The molecule has 14 heavy (non-hydrogen) atoms. The summed E-state index contributed by atoms with van der Waals surface area (Å²) in [5.74, 6) is -0.916. The number of unbranched alkanes of at least 4 members (excludes halogenated alkanes) is 4. The maximum atomic E-state index is 10.2. The van der Waals surface area contributed by atoms with E-state index < -0.39 is 12.1 Å². The SMILES string of the molecule is CCCCCCCC(O)CC(=O)O.[NaH]. The maximum absolute atomic E-state index is 10.2. The number of aliphatic hydroxyl groups excluding tert-OH is 1. The molecule has 80 valence electrons. The summed E-state index contributed by atoms with van der Waals surface area (Å²) in [5.41, 5.74) is 0. The van der Waals surface area contributed by atoms with Gasteiger partial charge in [0, 0.05) is 0 Å². The molecule has 0 aliphatic heterocycles. The second kappa shape index (κ2) is 11.5. The molecule has 0 rings (SSSR count). The molecule has 0 heterocycles. The molecule has 1 unspecified atom stereocenters. The molecule has 2 N–H and O–H groups in total. The van der Waals surface area contributed by atoms with Gasteiger partial charge in [-0.1, -0.05) is 39.0 Å². The summed E-state index contributed by atoms with van der Waals surface area (Å²) < 4.78 is 0. The minimum atomic E-state index is -0.916. The van der Waals surface area contributed by atoms with Crippen molar-refractivity contribution in [3.63, 3.8) is 0 Å². The normalized spacial score (nSPS) is 11.9. The molecular weight excluding hydrogens is 191 g/mol. The van der Waals surface area contributed by atoms with E-state index in [9.17, 15) is 9.90 Å². The van der Waals surface area contributed by atoms with Gasteiger partial charge in [0.25, 0.3) is 0 Å². The standard InChI is InChI=1S/C10H20O3.Na.H/c1-2-3-4-5-6-7-9(11)8-10(12)13;;/h9,11H,2-8H2,1H3,(H,12,13);;. The Bertz CT molecular complexity index is 139. The first-order valence-electron chi connectivity index (χ1n) is 5.06. The molecule has 0 saturated carbocycles. The topological polar surface area (TPSA) is 57.5 Å². The van der Waals surface area contributed by atoms with Gasteiger partial charge in [0.1, 0.15) is 0 Å². The monoisotopic (exact) mass is 212 g/mol. The van der Waals surface area contributed by atoms with Gasteiger partial charge in [0.05, 0.1) is 12.5 Å². The Hall–Kier alpha value is 0.430. The van der Waals surface area contributed by atoms with E-state index in [4.69, 9.17) is 5.11 Å². The van der Waals surface area contributed by atoms with Crippen molar-refractivity contribution in [3.05, 3.63) is 0 Å². The first-order valence-corrected chi connectivity index (χ1v) is 5.06. The first-order chi connectivity index (χ1) is 6.16. The molecule has 0 fully saturated rings. The number of carbonyl (C=O) groups is 1. The summed E-state index contributed by atoms with van der Waals surface area (Å²) in [4.78, 5) is 10.2. The zero-order chi connectivity index (χ0) is 10.1. The molecule has 0 saturated heterocycles. The molecule has 0 aromatic rings. The van der Waals surface area contributed by atoms with E-state index in [2.05, 4.69) is 6.92 Å². The van der Waals surface area contributed by atoms with Crippen LogP contribution in [0, 0.1) is 0 Å². The molecule has 1 atom stereocenters. The summed E-state index contributed by atoms with van der Waals surface area (Å²) in [7, 11) is 0. The van der Waals surface area contributed by atoms with Crippen molar-refractivity contribution in [2.75, 3.05) is 0 Å². The van der Waals surface area contributed by atoms with E-state index in [-0.39, 0.29) is 36.0 Å². The van der Waals surface area contributed by atoms with Crippen LogP contribution in [-0.4, -0.2) is 51.8 Å². The molecule has 0 aliphatic rings. The number of carboxylic acid groups (broad SMARTS) is 1. The summed E-state index contributed by atoms with van der Waals surface area (Å²) in [6.07, 6.45) is 5.52. The van der Waals surface area contributed by atoms with Crippen molar-refractivity contribution in [2.24, 2.45) is 0 Å². The van der Waals surface area contributed by atoms with Crippen LogP contribution in [-0.2, 0) is 4.79 Å². The predicted octanol–water partition coefficient (Wildman–Crippen LogP) is 1.53. The van der Waals surface area contributed by atoms with Gasteiger partial charge in [-0.05, 0) is 6.42 Å². The number of hydrogen-bond donors (Lipinski definition) is 2. The third-order valence-corrected chi connectivity index (χ3v) is 2.05. The van der Waals surface area contributed by atoms with E-state index in [1.165, 1.54) is 19.3 Å². The molecule has 0 amide bonds. The first kappa shape index (κ1) is 16.8. The summed E-state index contributed by atoms with van der Waals surface area (Å²) in [5, 5.41) is 17.6. The van der Waals surface area contributed by atoms with Gasteiger partial charge in [-0.3, -0.25) is 4.79 Å². The molecule has 0 bridgehead atoms. The van der Waals surface area contributed by atoms with E-state index in [1.54, 1.807) is 0 Å². The predicted molar refractivity (Wildman–Crippen MR) is 58.8 cm³/mol. The van der Waals surface area contributed by atoms with E-state index in [1.807, 2.05) is 0 Å². The summed E-state index contributed by atoms with van der Waals surface area (Å²) in [6.45, 7) is 2.15.